The van der Waals surface area contributed by atoms with Crippen LogP contribution in [0.15, 0.2) is 0 Å². The molecule has 0 aromatic carbocycles. The fourth-order valence-corrected chi connectivity index (χ4v) is 1.12. The van der Waals surface area contributed by atoms with Gasteiger partial charge in [-0.3, -0.25) is 4.79 Å². The molecule has 0 bridgehead atoms. The molecule has 0 spiro atoms. The number of rotatable bonds is 7. The number of carbonyl (C=O) groups is 2. The Hall–Kier alpha value is -1.26. The molecular weight excluding hydrogens is 210 g/mol. The highest BCUT2D eigenvalue weighted by atomic mass is 16.6. The molecule has 0 fully saturated rings. The molecule has 0 aromatic rings. The minimum Gasteiger partial charge on any atom is -0.469 e. The topological polar surface area (TPSA) is 64.6 Å². The molecule has 0 rings (SSSR count). The second-order valence-electron chi connectivity index (χ2n) is 3.77. The van der Waals surface area contributed by atoms with Crippen LogP contribution in [0.4, 0.5) is 4.79 Å². The number of amides is 1. The number of carbonyl (C=O) groups excluding carboxylic acids is 2. The van der Waals surface area contributed by atoms with Crippen molar-refractivity contribution in [3.8, 4) is 0 Å². The first-order chi connectivity index (χ1) is 7.56. The van der Waals surface area contributed by atoms with Gasteiger partial charge in [-0.1, -0.05) is 6.42 Å². The van der Waals surface area contributed by atoms with Crippen LogP contribution in [0, 0.1) is 0 Å². The van der Waals surface area contributed by atoms with Crippen molar-refractivity contribution >= 4 is 12.1 Å². The molecule has 0 heterocycles. The molecule has 0 saturated carbocycles. The Morgan fingerprint density at radius 1 is 1.19 bits per heavy atom. The highest BCUT2D eigenvalue weighted by molar-refractivity contribution is 5.69. The van der Waals surface area contributed by atoms with E-state index in [1.54, 1.807) is 13.8 Å². The second kappa shape index (κ2) is 9.00. The van der Waals surface area contributed by atoms with Gasteiger partial charge in [-0.2, -0.15) is 0 Å². The molecule has 1 N–H and O–H groups in total. The average Bonchev–Trinajstić information content (AvgIpc) is 2.21. The van der Waals surface area contributed by atoms with Gasteiger partial charge in [0.25, 0.3) is 0 Å². The molecule has 1 amide bonds. The number of hydrogen-bond acceptors (Lipinski definition) is 4. The maximum absolute atomic E-state index is 11.0. The standard InChI is InChI=1S/C11H21NO4/c1-9(2)16-11(14)12-8-6-4-5-7-10(13)15-3/h9H,4-8H2,1-3H3,(H,12,14). The predicted octanol–water partition coefficient (Wildman–Crippen LogP) is 1.85. The van der Waals surface area contributed by atoms with Crippen LogP contribution < -0.4 is 5.32 Å². The number of ether oxygens (including phenoxy) is 2. The van der Waals surface area contributed by atoms with E-state index in [-0.39, 0.29) is 18.2 Å². The van der Waals surface area contributed by atoms with Gasteiger partial charge in [0.05, 0.1) is 13.2 Å². The summed E-state index contributed by atoms with van der Waals surface area (Å²) in [6.07, 6.45) is 2.46. The van der Waals surface area contributed by atoms with E-state index in [0.29, 0.717) is 13.0 Å². The highest BCUT2D eigenvalue weighted by Crippen LogP contribution is 2.00. The van der Waals surface area contributed by atoms with Gasteiger partial charge in [-0.25, -0.2) is 4.79 Å². The summed E-state index contributed by atoms with van der Waals surface area (Å²) in [5.74, 6) is -0.188. The van der Waals surface area contributed by atoms with Gasteiger partial charge >= 0.3 is 12.1 Å². The van der Waals surface area contributed by atoms with Crippen LogP contribution >= 0.6 is 0 Å². The van der Waals surface area contributed by atoms with Crippen molar-refractivity contribution in [2.75, 3.05) is 13.7 Å². The van der Waals surface area contributed by atoms with E-state index in [2.05, 4.69) is 10.1 Å². The van der Waals surface area contributed by atoms with Gasteiger partial charge < -0.3 is 14.8 Å². The quantitative estimate of drug-likeness (QED) is 0.536. The van der Waals surface area contributed by atoms with E-state index in [4.69, 9.17) is 4.74 Å². The summed E-state index contributed by atoms with van der Waals surface area (Å²) in [5, 5.41) is 2.64. The monoisotopic (exact) mass is 231 g/mol. The fourth-order valence-electron chi connectivity index (χ4n) is 1.12. The normalized spacial score (nSPS) is 10.0. The smallest absolute Gasteiger partial charge is 0.407 e. The Bertz CT molecular complexity index is 216. The lowest BCUT2D eigenvalue weighted by atomic mass is 10.2. The molecule has 94 valence electrons. The molecule has 5 nitrogen and oxygen atoms in total. The van der Waals surface area contributed by atoms with Gasteiger partial charge in [-0.15, -0.1) is 0 Å². The molecule has 0 aliphatic carbocycles. The number of alkyl carbamates (subject to hydrolysis) is 1. The third-order valence-electron chi connectivity index (χ3n) is 1.90. The summed E-state index contributed by atoms with van der Waals surface area (Å²) < 4.78 is 9.40. The molecule has 0 aliphatic rings. The SMILES string of the molecule is COC(=O)CCCCCNC(=O)OC(C)C. The van der Waals surface area contributed by atoms with Gasteiger partial charge in [-0.05, 0) is 26.7 Å². The van der Waals surface area contributed by atoms with Crippen LogP contribution in [-0.4, -0.2) is 31.8 Å². The number of esters is 1. The van der Waals surface area contributed by atoms with Gasteiger partial charge in [0.2, 0.25) is 0 Å². The van der Waals surface area contributed by atoms with Gasteiger partial charge in [0, 0.05) is 13.0 Å². The molecule has 0 aromatic heterocycles. The molecular formula is C11H21NO4. The minimum atomic E-state index is -0.386. The molecule has 0 unspecified atom stereocenters. The maximum atomic E-state index is 11.0. The summed E-state index contributed by atoms with van der Waals surface area (Å²) in [4.78, 5) is 21.8. The zero-order chi connectivity index (χ0) is 12.4. The summed E-state index contributed by atoms with van der Waals surface area (Å²) in [5.41, 5.74) is 0. The number of unbranched alkanes of at least 4 members (excludes halogenated alkanes) is 2. The van der Waals surface area contributed by atoms with E-state index in [0.717, 1.165) is 19.3 Å². The van der Waals surface area contributed by atoms with Crippen LogP contribution in [0.2, 0.25) is 0 Å². The van der Waals surface area contributed by atoms with Crippen molar-refractivity contribution < 1.29 is 19.1 Å². The van der Waals surface area contributed by atoms with E-state index >= 15 is 0 Å². The third kappa shape index (κ3) is 9.30. The van der Waals surface area contributed by atoms with Crippen molar-refractivity contribution in [2.24, 2.45) is 0 Å². The van der Waals surface area contributed by atoms with Crippen molar-refractivity contribution in [3.05, 3.63) is 0 Å². The number of methoxy groups -OCH3 is 1. The van der Waals surface area contributed by atoms with Gasteiger partial charge in [0.1, 0.15) is 0 Å². The first kappa shape index (κ1) is 14.7. The summed E-state index contributed by atoms with van der Waals surface area (Å²) in [6.45, 7) is 4.18. The van der Waals surface area contributed by atoms with Crippen molar-refractivity contribution in [2.45, 2.75) is 45.6 Å². The zero-order valence-electron chi connectivity index (χ0n) is 10.2. The van der Waals surface area contributed by atoms with Crippen molar-refractivity contribution in [1.29, 1.82) is 0 Å². The summed E-state index contributed by atoms with van der Waals surface area (Å²) in [6, 6.07) is 0. The summed E-state index contributed by atoms with van der Waals surface area (Å²) >= 11 is 0. The van der Waals surface area contributed by atoms with Crippen LogP contribution in [0.25, 0.3) is 0 Å². The Kier molecular flexibility index (Phi) is 8.29. The average molecular weight is 231 g/mol. The Morgan fingerprint density at radius 3 is 2.44 bits per heavy atom. The number of nitrogens with one attached hydrogen (secondary N) is 1. The minimum absolute atomic E-state index is 0.0978. The van der Waals surface area contributed by atoms with Crippen molar-refractivity contribution in [1.82, 2.24) is 5.32 Å². The highest BCUT2D eigenvalue weighted by Gasteiger charge is 2.03. The molecule has 0 atom stereocenters. The summed E-state index contributed by atoms with van der Waals surface area (Å²) in [7, 11) is 1.38. The molecule has 0 saturated heterocycles. The Morgan fingerprint density at radius 2 is 1.88 bits per heavy atom. The van der Waals surface area contributed by atoms with Crippen LogP contribution in [0.5, 0.6) is 0 Å². The predicted molar refractivity (Wildman–Crippen MR) is 60.1 cm³/mol. The lowest BCUT2D eigenvalue weighted by Crippen LogP contribution is -2.27. The zero-order valence-corrected chi connectivity index (χ0v) is 10.2. The van der Waals surface area contributed by atoms with Crippen LogP contribution in [0.3, 0.4) is 0 Å². The lowest BCUT2D eigenvalue weighted by molar-refractivity contribution is -0.140. The molecule has 0 aliphatic heterocycles. The van der Waals surface area contributed by atoms with Crippen LogP contribution in [-0.2, 0) is 14.3 Å². The molecule has 5 heteroatoms. The van der Waals surface area contributed by atoms with Crippen molar-refractivity contribution in [3.63, 3.8) is 0 Å². The van der Waals surface area contributed by atoms with E-state index in [9.17, 15) is 9.59 Å². The van der Waals surface area contributed by atoms with Crippen LogP contribution in [0.1, 0.15) is 39.5 Å². The first-order valence-electron chi connectivity index (χ1n) is 5.57. The molecule has 0 radical (unpaired) electrons. The van der Waals surface area contributed by atoms with E-state index in [1.165, 1.54) is 7.11 Å². The first-order valence-corrected chi connectivity index (χ1v) is 5.57. The Labute approximate surface area is 96.5 Å². The van der Waals surface area contributed by atoms with Gasteiger partial charge in [0.15, 0.2) is 0 Å². The maximum Gasteiger partial charge on any atom is 0.407 e. The third-order valence-corrected chi connectivity index (χ3v) is 1.90. The second-order valence-corrected chi connectivity index (χ2v) is 3.77. The largest absolute Gasteiger partial charge is 0.469 e. The fraction of sp³-hybridized carbons (Fsp3) is 0.818. The number of hydrogen-bond donors (Lipinski definition) is 1. The van der Waals surface area contributed by atoms with E-state index in [1.807, 2.05) is 0 Å². The van der Waals surface area contributed by atoms with E-state index < -0.39 is 0 Å². The Balaban J connectivity index is 3.27. The molecule has 16 heavy (non-hydrogen) atoms. The lowest BCUT2D eigenvalue weighted by Gasteiger charge is -2.09.